The van der Waals surface area contributed by atoms with Crippen molar-refractivity contribution >= 4 is 40.4 Å². The number of hydrogen-bond acceptors (Lipinski definition) is 7. The Morgan fingerprint density at radius 2 is 1.62 bits per heavy atom. The Kier molecular flexibility index (Phi) is 5.56. The summed E-state index contributed by atoms with van der Waals surface area (Å²) in [6.45, 7) is -0.206. The number of para-hydroxylation sites is 1. The van der Waals surface area contributed by atoms with Gasteiger partial charge < -0.3 is 4.57 Å². The molecule has 0 saturated carbocycles. The van der Waals surface area contributed by atoms with Crippen LogP contribution < -0.4 is 0 Å². The van der Waals surface area contributed by atoms with Crippen LogP contribution in [-0.4, -0.2) is 30.5 Å². The van der Waals surface area contributed by atoms with Crippen molar-refractivity contribution in [1.82, 2.24) is 9.47 Å². The normalized spacial score (nSPS) is 14.9. The predicted octanol–water partition coefficient (Wildman–Crippen LogP) is 4.53. The van der Waals surface area contributed by atoms with Crippen molar-refractivity contribution in [1.29, 1.82) is 0 Å². The van der Waals surface area contributed by atoms with Gasteiger partial charge in [0.15, 0.2) is 0 Å². The molecular weight excluding hydrogens is 436 g/mol. The van der Waals surface area contributed by atoms with Crippen molar-refractivity contribution in [3.63, 3.8) is 0 Å². The van der Waals surface area contributed by atoms with Crippen LogP contribution in [-0.2, 0) is 11.3 Å². The third-order valence-corrected chi connectivity index (χ3v) is 5.70. The van der Waals surface area contributed by atoms with Crippen molar-refractivity contribution in [2.75, 3.05) is 0 Å². The van der Waals surface area contributed by atoms with E-state index < -0.39 is 21.0 Å². The van der Waals surface area contributed by atoms with E-state index in [1.54, 1.807) is 47.2 Å². The number of hydrogen-bond donors (Lipinski definition) is 0. The summed E-state index contributed by atoms with van der Waals surface area (Å²) < 4.78 is 1.72. The maximum Gasteiger partial charge on any atom is 0.293 e. The fourth-order valence-electron chi connectivity index (χ4n) is 3.25. The summed E-state index contributed by atoms with van der Waals surface area (Å²) in [6.07, 6.45) is 3.27. The Bertz CT molecular complexity index is 1280. The molecule has 0 aliphatic carbocycles. The van der Waals surface area contributed by atoms with Crippen LogP contribution >= 0.6 is 11.8 Å². The molecule has 2 amide bonds. The number of benzene rings is 2. The molecule has 0 N–H and O–H groups in total. The van der Waals surface area contributed by atoms with Gasteiger partial charge in [-0.2, -0.15) is 0 Å². The average molecular weight is 450 g/mol. The standard InChI is InChI=1S/C21H14N4O6S/c26-20-19(32-21(27)23(20)13-14-4-1-2-6-18(14)25(30)31)12-17-5-3-11-22(17)15-7-9-16(10-8-15)24(28)29/h1-12H,13H2/b19-12-. The number of nitro groups is 2. The van der Waals surface area contributed by atoms with Gasteiger partial charge in [-0.3, -0.25) is 34.7 Å². The summed E-state index contributed by atoms with van der Waals surface area (Å²) in [4.78, 5) is 47.5. The molecule has 1 aliphatic heterocycles. The van der Waals surface area contributed by atoms with E-state index in [4.69, 9.17) is 0 Å². The van der Waals surface area contributed by atoms with E-state index in [2.05, 4.69) is 0 Å². The lowest BCUT2D eigenvalue weighted by Gasteiger charge is -2.12. The fraction of sp³-hybridized carbons (Fsp3) is 0.0476. The predicted molar refractivity (Wildman–Crippen MR) is 117 cm³/mol. The number of carbonyl (C=O) groups excluding carboxylic acids is 2. The zero-order chi connectivity index (χ0) is 22.8. The smallest absolute Gasteiger partial charge is 0.293 e. The summed E-state index contributed by atoms with van der Waals surface area (Å²) in [6, 6.07) is 15.3. The Labute approximate surface area is 185 Å². The number of non-ortho nitro benzene ring substituents is 1. The van der Waals surface area contributed by atoms with Gasteiger partial charge in [0.1, 0.15) is 0 Å². The van der Waals surface area contributed by atoms with Crippen LogP contribution in [0, 0.1) is 20.2 Å². The van der Waals surface area contributed by atoms with Gasteiger partial charge >= 0.3 is 0 Å². The average Bonchev–Trinajstić information content (AvgIpc) is 3.34. The molecular formula is C21H14N4O6S. The highest BCUT2D eigenvalue weighted by atomic mass is 32.2. The highest BCUT2D eigenvalue weighted by Gasteiger charge is 2.36. The van der Waals surface area contributed by atoms with Crippen molar-refractivity contribution in [2.45, 2.75) is 6.54 Å². The first kappa shape index (κ1) is 21.0. The monoisotopic (exact) mass is 450 g/mol. The fourth-order valence-corrected chi connectivity index (χ4v) is 4.07. The van der Waals surface area contributed by atoms with Crippen molar-refractivity contribution in [3.8, 4) is 5.69 Å². The second-order valence-electron chi connectivity index (χ2n) is 6.73. The van der Waals surface area contributed by atoms with E-state index in [-0.39, 0.29) is 28.4 Å². The molecule has 0 atom stereocenters. The van der Waals surface area contributed by atoms with Gasteiger partial charge in [0.2, 0.25) is 0 Å². The van der Waals surface area contributed by atoms with Crippen molar-refractivity contribution in [3.05, 3.63) is 103 Å². The van der Waals surface area contributed by atoms with E-state index in [0.717, 1.165) is 16.7 Å². The molecule has 160 valence electrons. The van der Waals surface area contributed by atoms with E-state index >= 15 is 0 Å². The van der Waals surface area contributed by atoms with Crippen molar-refractivity contribution < 1.29 is 19.4 Å². The molecule has 0 unspecified atom stereocenters. The number of amides is 2. The number of thioether (sulfide) groups is 1. The van der Waals surface area contributed by atoms with Crippen LogP contribution in [0.5, 0.6) is 0 Å². The zero-order valence-electron chi connectivity index (χ0n) is 16.3. The van der Waals surface area contributed by atoms with Gasteiger partial charge in [-0.25, -0.2) is 0 Å². The molecule has 0 spiro atoms. The summed E-state index contributed by atoms with van der Waals surface area (Å²) >= 11 is 0.750. The largest absolute Gasteiger partial charge is 0.317 e. The molecule has 0 bridgehead atoms. The number of nitrogens with zero attached hydrogens (tertiary/aromatic N) is 4. The Balaban J connectivity index is 1.60. The lowest BCUT2D eigenvalue weighted by Crippen LogP contribution is -2.27. The molecule has 10 nitrogen and oxygen atoms in total. The van der Waals surface area contributed by atoms with Crippen LogP contribution in [0.3, 0.4) is 0 Å². The Morgan fingerprint density at radius 1 is 0.906 bits per heavy atom. The molecule has 11 heteroatoms. The minimum atomic E-state index is -0.554. The van der Waals surface area contributed by atoms with Gasteiger partial charge in [-0.15, -0.1) is 0 Å². The Morgan fingerprint density at radius 3 is 2.31 bits per heavy atom. The maximum absolute atomic E-state index is 12.9. The van der Waals surface area contributed by atoms with Crippen LogP contribution in [0.4, 0.5) is 16.2 Å². The first-order valence-corrected chi connectivity index (χ1v) is 10.1. The summed E-state index contributed by atoms with van der Waals surface area (Å²) in [5.41, 5.74) is 1.29. The number of carbonyl (C=O) groups is 2. The number of imide groups is 1. The van der Waals surface area contributed by atoms with E-state index in [1.165, 1.54) is 30.3 Å². The van der Waals surface area contributed by atoms with Crippen LogP contribution in [0.15, 0.2) is 71.8 Å². The number of nitro benzene ring substituents is 2. The molecule has 2 heterocycles. The molecule has 32 heavy (non-hydrogen) atoms. The minimum absolute atomic E-state index is 0.0430. The summed E-state index contributed by atoms with van der Waals surface area (Å²) in [5, 5.41) is 21.6. The lowest BCUT2D eigenvalue weighted by molar-refractivity contribution is -0.385. The summed E-state index contributed by atoms with van der Waals surface area (Å²) in [7, 11) is 0. The maximum atomic E-state index is 12.9. The molecule has 1 fully saturated rings. The number of aromatic nitrogens is 1. The first-order chi connectivity index (χ1) is 15.3. The quantitative estimate of drug-likeness (QED) is 0.306. The van der Waals surface area contributed by atoms with E-state index in [9.17, 15) is 29.8 Å². The second-order valence-corrected chi connectivity index (χ2v) is 7.72. The third-order valence-electron chi connectivity index (χ3n) is 4.79. The van der Waals surface area contributed by atoms with Gasteiger partial charge in [-0.05, 0) is 42.1 Å². The number of rotatable bonds is 6. The molecule has 1 saturated heterocycles. The summed E-state index contributed by atoms with van der Waals surface area (Å²) in [5.74, 6) is -0.547. The topological polar surface area (TPSA) is 129 Å². The highest BCUT2D eigenvalue weighted by Crippen LogP contribution is 2.34. The molecule has 1 aliphatic rings. The van der Waals surface area contributed by atoms with Gasteiger partial charge in [0.05, 0.1) is 21.3 Å². The SMILES string of the molecule is O=C1S/C(=C\c2cccn2-c2ccc([N+](=O)[O-])cc2)C(=O)N1Cc1ccccc1[N+](=O)[O-]. The minimum Gasteiger partial charge on any atom is -0.317 e. The van der Waals surface area contributed by atoms with E-state index in [1.807, 2.05) is 0 Å². The molecule has 4 rings (SSSR count). The molecule has 3 aromatic rings. The highest BCUT2D eigenvalue weighted by molar-refractivity contribution is 8.18. The molecule has 0 radical (unpaired) electrons. The van der Waals surface area contributed by atoms with Crippen LogP contribution in [0.1, 0.15) is 11.3 Å². The van der Waals surface area contributed by atoms with Crippen molar-refractivity contribution in [2.24, 2.45) is 0 Å². The van der Waals surface area contributed by atoms with Gasteiger partial charge in [0, 0.05) is 41.3 Å². The van der Waals surface area contributed by atoms with Gasteiger partial charge in [-0.1, -0.05) is 18.2 Å². The lowest BCUT2D eigenvalue weighted by atomic mass is 10.1. The van der Waals surface area contributed by atoms with Crippen LogP contribution in [0.25, 0.3) is 11.8 Å². The molecule has 1 aromatic heterocycles. The first-order valence-electron chi connectivity index (χ1n) is 9.25. The third kappa shape index (κ3) is 4.01. The van der Waals surface area contributed by atoms with E-state index in [0.29, 0.717) is 11.4 Å². The Hall–Kier alpha value is -4.25. The zero-order valence-corrected chi connectivity index (χ0v) is 17.1. The second kappa shape index (κ2) is 8.47. The van der Waals surface area contributed by atoms with Gasteiger partial charge in [0.25, 0.3) is 22.5 Å². The molecule has 2 aromatic carbocycles. The van der Waals surface area contributed by atoms with Crippen LogP contribution in [0.2, 0.25) is 0 Å².